The van der Waals surface area contributed by atoms with Crippen LogP contribution < -0.4 is 5.32 Å². The topological polar surface area (TPSA) is 15.3 Å². The molecule has 1 rings (SSSR count). The van der Waals surface area contributed by atoms with Crippen LogP contribution in [-0.4, -0.2) is 37.1 Å². The molecule has 0 radical (unpaired) electrons. The molecule has 2 unspecified atom stereocenters. The number of nitrogens with one attached hydrogen (secondary N) is 1. The normalized spacial score (nSPS) is 21.4. The van der Waals surface area contributed by atoms with Crippen molar-refractivity contribution in [2.75, 3.05) is 20.1 Å². The van der Waals surface area contributed by atoms with Crippen LogP contribution in [0.15, 0.2) is 0 Å². The first-order valence-corrected chi connectivity index (χ1v) is 6.64. The quantitative estimate of drug-likeness (QED) is 0.697. The third-order valence-corrected chi connectivity index (χ3v) is 4.09. The monoisotopic (exact) mass is 212 g/mol. The van der Waals surface area contributed by atoms with E-state index in [0.29, 0.717) is 12.1 Å². The molecule has 2 atom stereocenters. The van der Waals surface area contributed by atoms with Gasteiger partial charge in [-0.2, -0.15) is 0 Å². The molecule has 0 aliphatic heterocycles. The third-order valence-electron chi connectivity index (χ3n) is 4.09. The first-order valence-electron chi connectivity index (χ1n) is 6.64. The van der Waals surface area contributed by atoms with Gasteiger partial charge in [0.25, 0.3) is 0 Å². The van der Waals surface area contributed by atoms with Gasteiger partial charge in [0, 0.05) is 18.6 Å². The van der Waals surface area contributed by atoms with Gasteiger partial charge in [-0.1, -0.05) is 20.3 Å². The second-order valence-electron chi connectivity index (χ2n) is 4.93. The second-order valence-corrected chi connectivity index (χ2v) is 4.93. The van der Waals surface area contributed by atoms with Crippen LogP contribution in [0.25, 0.3) is 0 Å². The molecule has 1 aliphatic carbocycles. The Morgan fingerprint density at radius 2 is 2.00 bits per heavy atom. The Labute approximate surface area is 95.4 Å². The fraction of sp³-hybridized carbons (Fsp3) is 1.00. The lowest BCUT2D eigenvalue weighted by molar-refractivity contribution is 0.123. The molecule has 0 saturated heterocycles. The van der Waals surface area contributed by atoms with E-state index in [1.165, 1.54) is 38.8 Å². The summed E-state index contributed by atoms with van der Waals surface area (Å²) >= 11 is 0. The van der Waals surface area contributed by atoms with Gasteiger partial charge in [0.2, 0.25) is 0 Å². The highest BCUT2D eigenvalue weighted by atomic mass is 15.2. The first kappa shape index (κ1) is 13.0. The molecule has 1 saturated carbocycles. The maximum Gasteiger partial charge on any atom is 0.0220 e. The van der Waals surface area contributed by atoms with E-state index in [1.807, 2.05) is 0 Å². The van der Waals surface area contributed by atoms with Gasteiger partial charge in [-0.15, -0.1) is 0 Å². The number of hydrogen-bond donors (Lipinski definition) is 1. The molecule has 0 aromatic rings. The molecule has 0 amide bonds. The molecule has 0 heterocycles. The third kappa shape index (κ3) is 3.46. The predicted molar refractivity (Wildman–Crippen MR) is 67.2 cm³/mol. The molecule has 1 aliphatic rings. The summed E-state index contributed by atoms with van der Waals surface area (Å²) in [6.07, 6.45) is 5.60. The van der Waals surface area contributed by atoms with Crippen molar-refractivity contribution >= 4 is 0 Å². The van der Waals surface area contributed by atoms with Crippen molar-refractivity contribution in [3.63, 3.8) is 0 Å². The van der Waals surface area contributed by atoms with Crippen molar-refractivity contribution in [3.8, 4) is 0 Å². The lowest BCUT2D eigenvalue weighted by Gasteiger charge is -2.38. The van der Waals surface area contributed by atoms with Gasteiger partial charge in [-0.25, -0.2) is 0 Å². The summed E-state index contributed by atoms with van der Waals surface area (Å²) in [5.74, 6) is 0.988. The van der Waals surface area contributed by atoms with Gasteiger partial charge in [0.1, 0.15) is 0 Å². The maximum atomic E-state index is 3.43. The Morgan fingerprint density at radius 1 is 1.33 bits per heavy atom. The zero-order valence-electron chi connectivity index (χ0n) is 10.9. The van der Waals surface area contributed by atoms with Crippen LogP contribution in [0.3, 0.4) is 0 Å². The van der Waals surface area contributed by atoms with E-state index in [4.69, 9.17) is 0 Å². The standard InChI is InChI=1S/C13H28N2/c1-5-13(14-4)11(3)15(6-2)10-12-8-7-9-12/h11-14H,5-10H2,1-4H3. The molecular weight excluding hydrogens is 184 g/mol. The number of nitrogens with zero attached hydrogens (tertiary/aromatic N) is 1. The molecule has 2 nitrogen and oxygen atoms in total. The van der Waals surface area contributed by atoms with E-state index in [0.717, 1.165) is 5.92 Å². The molecule has 2 heteroatoms. The van der Waals surface area contributed by atoms with Gasteiger partial charge in [-0.3, -0.25) is 4.90 Å². The summed E-state index contributed by atoms with van der Waals surface area (Å²) in [5.41, 5.74) is 0. The highest BCUT2D eigenvalue weighted by Crippen LogP contribution is 2.27. The Bertz CT molecular complexity index is 162. The summed E-state index contributed by atoms with van der Waals surface area (Å²) in [6.45, 7) is 9.44. The van der Waals surface area contributed by atoms with Gasteiger partial charge < -0.3 is 5.32 Å². The van der Waals surface area contributed by atoms with Crippen LogP contribution in [0.1, 0.15) is 46.5 Å². The molecule has 15 heavy (non-hydrogen) atoms. The SMILES string of the molecule is CCC(NC)C(C)N(CC)CC1CCC1. The summed E-state index contributed by atoms with van der Waals surface area (Å²) in [5, 5.41) is 3.43. The lowest BCUT2D eigenvalue weighted by Crippen LogP contribution is -2.49. The van der Waals surface area contributed by atoms with Crippen molar-refractivity contribution < 1.29 is 0 Å². The zero-order valence-corrected chi connectivity index (χ0v) is 10.9. The van der Waals surface area contributed by atoms with E-state index >= 15 is 0 Å². The van der Waals surface area contributed by atoms with Crippen LogP contribution in [0, 0.1) is 5.92 Å². The van der Waals surface area contributed by atoms with E-state index in [2.05, 4.69) is 38.0 Å². The minimum Gasteiger partial charge on any atom is -0.315 e. The molecule has 0 aromatic carbocycles. The van der Waals surface area contributed by atoms with E-state index in [9.17, 15) is 0 Å². The average molecular weight is 212 g/mol. The van der Waals surface area contributed by atoms with Crippen LogP contribution in [0.4, 0.5) is 0 Å². The van der Waals surface area contributed by atoms with Crippen LogP contribution >= 0.6 is 0 Å². The van der Waals surface area contributed by atoms with Crippen molar-refractivity contribution in [3.05, 3.63) is 0 Å². The minimum absolute atomic E-state index is 0.644. The highest BCUT2D eigenvalue weighted by Gasteiger charge is 2.25. The zero-order chi connectivity index (χ0) is 11.3. The Kier molecular flexibility index (Phi) is 5.62. The highest BCUT2D eigenvalue weighted by molar-refractivity contribution is 4.82. The van der Waals surface area contributed by atoms with Crippen LogP contribution in [0.5, 0.6) is 0 Å². The summed E-state index contributed by atoms with van der Waals surface area (Å²) in [7, 11) is 2.09. The minimum atomic E-state index is 0.644. The van der Waals surface area contributed by atoms with Crippen LogP contribution in [-0.2, 0) is 0 Å². The Hall–Kier alpha value is -0.0800. The average Bonchev–Trinajstić information content (AvgIpc) is 2.18. The molecule has 0 spiro atoms. The molecular formula is C13H28N2. The van der Waals surface area contributed by atoms with Crippen molar-refractivity contribution in [2.45, 2.75) is 58.5 Å². The summed E-state index contributed by atoms with van der Waals surface area (Å²) in [4.78, 5) is 2.65. The summed E-state index contributed by atoms with van der Waals surface area (Å²) in [6, 6.07) is 1.32. The largest absolute Gasteiger partial charge is 0.315 e. The van der Waals surface area contributed by atoms with E-state index in [1.54, 1.807) is 0 Å². The molecule has 0 aromatic heterocycles. The molecule has 90 valence electrons. The van der Waals surface area contributed by atoms with E-state index < -0.39 is 0 Å². The van der Waals surface area contributed by atoms with Crippen molar-refractivity contribution in [1.29, 1.82) is 0 Å². The summed E-state index contributed by atoms with van der Waals surface area (Å²) < 4.78 is 0. The Balaban J connectivity index is 2.40. The van der Waals surface area contributed by atoms with Crippen LogP contribution in [0.2, 0.25) is 0 Å². The maximum absolute atomic E-state index is 3.43. The fourth-order valence-electron chi connectivity index (χ4n) is 2.63. The molecule has 0 bridgehead atoms. The predicted octanol–water partition coefficient (Wildman–Crippen LogP) is 2.49. The van der Waals surface area contributed by atoms with E-state index in [-0.39, 0.29) is 0 Å². The van der Waals surface area contributed by atoms with Gasteiger partial charge in [-0.05, 0) is 45.7 Å². The Morgan fingerprint density at radius 3 is 2.33 bits per heavy atom. The van der Waals surface area contributed by atoms with Crippen molar-refractivity contribution in [2.24, 2.45) is 5.92 Å². The molecule has 1 N–H and O–H groups in total. The van der Waals surface area contributed by atoms with Gasteiger partial charge in [0.15, 0.2) is 0 Å². The first-order chi connectivity index (χ1) is 7.22. The number of likely N-dealkylation sites (N-methyl/N-ethyl adjacent to an activating group) is 2. The lowest BCUT2D eigenvalue weighted by atomic mass is 9.84. The number of rotatable bonds is 7. The van der Waals surface area contributed by atoms with Gasteiger partial charge in [0.05, 0.1) is 0 Å². The van der Waals surface area contributed by atoms with Crippen molar-refractivity contribution in [1.82, 2.24) is 10.2 Å². The smallest absolute Gasteiger partial charge is 0.0220 e. The second kappa shape index (κ2) is 6.49. The number of hydrogen-bond acceptors (Lipinski definition) is 2. The molecule has 1 fully saturated rings. The van der Waals surface area contributed by atoms with Gasteiger partial charge >= 0.3 is 0 Å². The fourth-order valence-corrected chi connectivity index (χ4v) is 2.63.